The third-order valence-electron chi connectivity index (χ3n) is 3.27. The maximum absolute atomic E-state index is 12.9. The summed E-state index contributed by atoms with van der Waals surface area (Å²) in [6.45, 7) is 1.66. The van der Waals surface area contributed by atoms with E-state index in [0.717, 1.165) is 13.2 Å². The Hall–Kier alpha value is -1.51. The number of nitrogens with two attached hydrogens (primary N) is 1. The number of carbonyl (C=O) groups excluding carboxylic acids is 2. The van der Waals surface area contributed by atoms with Gasteiger partial charge < -0.3 is 15.8 Å². The monoisotopic (exact) mass is 388 g/mol. The molecule has 1 aromatic rings. The maximum atomic E-state index is 12.9. The first-order valence-electron chi connectivity index (χ1n) is 6.58. The molecule has 10 heteroatoms. The van der Waals surface area contributed by atoms with E-state index in [9.17, 15) is 22.8 Å². The molecule has 1 rings (SSSR count). The zero-order valence-electron chi connectivity index (χ0n) is 12.8. The summed E-state index contributed by atoms with van der Waals surface area (Å²) in [6, 6.07) is 2.37. The first-order chi connectivity index (χ1) is 10.6. The predicted octanol–water partition coefficient (Wildman–Crippen LogP) is 2.71. The van der Waals surface area contributed by atoms with Gasteiger partial charge in [-0.15, -0.1) is 12.4 Å². The van der Waals surface area contributed by atoms with Crippen molar-refractivity contribution in [3.8, 4) is 0 Å². The predicted molar refractivity (Wildman–Crippen MR) is 84.8 cm³/mol. The first kappa shape index (κ1) is 22.5. The van der Waals surface area contributed by atoms with E-state index in [0.29, 0.717) is 0 Å². The Balaban J connectivity index is 0.00000529. The van der Waals surface area contributed by atoms with Crippen molar-refractivity contribution in [2.45, 2.75) is 19.1 Å². The van der Waals surface area contributed by atoms with Crippen LogP contribution in [0.2, 0.25) is 5.02 Å². The molecule has 0 aliphatic rings. The summed E-state index contributed by atoms with van der Waals surface area (Å²) >= 11 is 5.86. The molecule has 3 N–H and O–H groups in total. The van der Waals surface area contributed by atoms with Gasteiger partial charge in [-0.25, -0.2) is 4.79 Å². The van der Waals surface area contributed by atoms with Crippen molar-refractivity contribution >= 4 is 35.9 Å². The average Bonchev–Trinajstić information content (AvgIpc) is 2.50. The van der Waals surface area contributed by atoms with E-state index < -0.39 is 40.6 Å². The molecule has 0 fully saturated rings. The van der Waals surface area contributed by atoms with Gasteiger partial charge in [0.15, 0.2) is 0 Å². The Morgan fingerprint density at radius 2 is 1.96 bits per heavy atom. The van der Waals surface area contributed by atoms with Crippen LogP contribution >= 0.6 is 24.0 Å². The molecular weight excluding hydrogens is 372 g/mol. The maximum Gasteiger partial charge on any atom is 0.417 e. The highest BCUT2D eigenvalue weighted by Gasteiger charge is 2.36. The van der Waals surface area contributed by atoms with Gasteiger partial charge in [-0.1, -0.05) is 30.7 Å². The number of ether oxygens (including phenoxy) is 1. The number of halogens is 5. The second-order valence-electron chi connectivity index (χ2n) is 4.86. The molecule has 1 aromatic carbocycles. The number of nitrogens with one attached hydrogen (secondary N) is 1. The van der Waals surface area contributed by atoms with Crippen LogP contribution in [0.3, 0.4) is 0 Å². The van der Waals surface area contributed by atoms with Crippen LogP contribution in [0.5, 0.6) is 0 Å². The van der Waals surface area contributed by atoms with Gasteiger partial charge in [0.1, 0.15) is 0 Å². The van der Waals surface area contributed by atoms with E-state index in [1.165, 1.54) is 12.1 Å². The Morgan fingerprint density at radius 1 is 1.38 bits per heavy atom. The van der Waals surface area contributed by atoms with Gasteiger partial charge in [0.2, 0.25) is 0 Å². The lowest BCUT2D eigenvalue weighted by Crippen LogP contribution is -2.39. The number of carbonyl (C=O) groups is 2. The van der Waals surface area contributed by atoms with Gasteiger partial charge in [0.05, 0.1) is 23.7 Å². The van der Waals surface area contributed by atoms with E-state index in [4.69, 9.17) is 17.3 Å². The first-order valence-corrected chi connectivity index (χ1v) is 6.95. The third-order valence-corrected chi connectivity index (χ3v) is 3.69. The van der Waals surface area contributed by atoms with Gasteiger partial charge in [-0.3, -0.25) is 4.79 Å². The number of methoxy groups -OCH3 is 1. The minimum atomic E-state index is -4.64. The Kier molecular flexibility index (Phi) is 8.53. The minimum absolute atomic E-state index is 0. The van der Waals surface area contributed by atoms with Gasteiger partial charge >= 0.3 is 18.1 Å². The largest absolute Gasteiger partial charge is 0.462 e. The van der Waals surface area contributed by atoms with E-state index in [2.05, 4.69) is 10.1 Å². The molecule has 2 unspecified atom stereocenters. The number of benzene rings is 1. The van der Waals surface area contributed by atoms with Gasteiger partial charge in [-0.2, -0.15) is 13.2 Å². The number of alkyl halides is 3. The van der Waals surface area contributed by atoms with Crippen LogP contribution in [-0.2, 0) is 20.5 Å². The number of hydrogen-bond acceptors (Lipinski definition) is 4. The fourth-order valence-electron chi connectivity index (χ4n) is 1.96. The minimum Gasteiger partial charge on any atom is -0.462 e. The van der Waals surface area contributed by atoms with Crippen LogP contribution in [0.15, 0.2) is 18.2 Å². The lowest BCUT2D eigenvalue weighted by atomic mass is 9.93. The molecule has 0 aliphatic carbocycles. The molecule has 24 heavy (non-hydrogen) atoms. The lowest BCUT2D eigenvalue weighted by Gasteiger charge is -2.26. The zero-order valence-corrected chi connectivity index (χ0v) is 14.4. The van der Waals surface area contributed by atoms with Crippen molar-refractivity contribution in [3.05, 3.63) is 34.3 Å². The molecule has 0 radical (unpaired) electrons. The molecule has 1 amide bonds. The summed E-state index contributed by atoms with van der Waals surface area (Å²) in [5, 5.41) is 1.76. The molecule has 5 nitrogen and oxygen atoms in total. The summed E-state index contributed by atoms with van der Waals surface area (Å²) < 4.78 is 43.1. The quantitative estimate of drug-likeness (QED) is 0.613. The fourth-order valence-corrected chi connectivity index (χ4v) is 2.32. The van der Waals surface area contributed by atoms with Gasteiger partial charge in [-0.05, 0) is 24.1 Å². The van der Waals surface area contributed by atoms with Crippen LogP contribution in [0, 0.1) is 5.92 Å². The van der Waals surface area contributed by atoms with Crippen LogP contribution in [-0.4, -0.2) is 25.5 Å². The van der Waals surface area contributed by atoms with Crippen LogP contribution in [0.4, 0.5) is 13.2 Å². The molecule has 0 bridgehead atoms. The van der Waals surface area contributed by atoms with Crippen molar-refractivity contribution in [2.24, 2.45) is 11.7 Å². The van der Waals surface area contributed by atoms with Crippen LogP contribution in [0.25, 0.3) is 0 Å². The SMILES string of the molecule is COC(=O)C(=O)NC(c1cccc(C(F)(F)F)c1Cl)C(C)CN.Cl. The molecule has 0 spiro atoms. The number of esters is 1. The van der Waals surface area contributed by atoms with Gasteiger partial charge in [0, 0.05) is 0 Å². The molecule has 0 saturated carbocycles. The van der Waals surface area contributed by atoms with E-state index >= 15 is 0 Å². The van der Waals surface area contributed by atoms with E-state index in [-0.39, 0.29) is 24.5 Å². The second kappa shape index (κ2) is 9.10. The van der Waals surface area contributed by atoms with E-state index in [1.807, 2.05) is 0 Å². The Labute approximate surface area is 148 Å². The Bertz CT molecular complexity index is 597. The van der Waals surface area contributed by atoms with E-state index in [1.54, 1.807) is 6.92 Å². The molecule has 136 valence electrons. The second-order valence-corrected chi connectivity index (χ2v) is 5.24. The van der Waals surface area contributed by atoms with Crippen molar-refractivity contribution in [2.75, 3.05) is 13.7 Å². The van der Waals surface area contributed by atoms with Gasteiger partial charge in [0.25, 0.3) is 0 Å². The molecule has 2 atom stereocenters. The molecule has 0 aliphatic heterocycles. The topological polar surface area (TPSA) is 81.4 Å². The smallest absolute Gasteiger partial charge is 0.417 e. The lowest BCUT2D eigenvalue weighted by molar-refractivity contribution is -0.153. The zero-order chi connectivity index (χ0) is 17.8. The molecule has 0 saturated heterocycles. The van der Waals surface area contributed by atoms with Crippen molar-refractivity contribution in [3.63, 3.8) is 0 Å². The van der Waals surface area contributed by atoms with Crippen molar-refractivity contribution < 1.29 is 27.5 Å². The van der Waals surface area contributed by atoms with Crippen LogP contribution in [0.1, 0.15) is 24.1 Å². The summed E-state index contributed by atoms with van der Waals surface area (Å²) in [4.78, 5) is 22.9. The normalized spacial score (nSPS) is 13.5. The highest BCUT2D eigenvalue weighted by atomic mass is 35.5. The summed E-state index contributed by atoms with van der Waals surface area (Å²) in [7, 11) is 1.01. The van der Waals surface area contributed by atoms with Crippen molar-refractivity contribution in [1.29, 1.82) is 0 Å². The fraction of sp³-hybridized carbons (Fsp3) is 0.429. The highest BCUT2D eigenvalue weighted by molar-refractivity contribution is 6.33. The number of rotatable bonds is 4. The molecular formula is C14H17Cl2F3N2O3. The van der Waals surface area contributed by atoms with Crippen LogP contribution < -0.4 is 11.1 Å². The third kappa shape index (κ3) is 5.25. The summed E-state index contributed by atoms with van der Waals surface area (Å²) in [5.41, 5.74) is 4.53. The standard InChI is InChI=1S/C14H16ClF3N2O3.ClH/c1-7(6-19)11(20-12(21)13(22)23-2)8-4-3-5-9(10(8)15)14(16,17)18;/h3-5,7,11H,6,19H2,1-2H3,(H,20,21);1H. The molecule has 0 aromatic heterocycles. The summed E-state index contributed by atoms with van der Waals surface area (Å²) in [6.07, 6.45) is -4.64. The number of amides is 1. The Morgan fingerprint density at radius 3 is 2.42 bits per heavy atom. The summed E-state index contributed by atoms with van der Waals surface area (Å²) in [5.74, 6) is -2.72. The number of hydrogen-bond donors (Lipinski definition) is 2. The molecule has 0 heterocycles. The highest BCUT2D eigenvalue weighted by Crippen LogP contribution is 2.39. The average molecular weight is 389 g/mol. The van der Waals surface area contributed by atoms with Crippen molar-refractivity contribution in [1.82, 2.24) is 5.32 Å².